The van der Waals surface area contributed by atoms with Crippen molar-refractivity contribution in [2.24, 2.45) is 17.3 Å². The number of fused-ring (bicyclic) bond motifs is 5. The van der Waals surface area contributed by atoms with Gasteiger partial charge in [-0.25, -0.2) is 0 Å². The standard InChI is InChI=1S/C29H36OSi/c1-6-29(30-31(4,5)23-10-8-7-9-11-23)19-17-27-26-15-13-22-20-21(2)12-14-24(22)25(26)16-18-28(27,29)3/h1,7-12,14,20,25-27H,13,15-19H2,2-5H3/t25-,26-,27+,28+,29+/m1/s1. The number of benzene rings is 2. The molecule has 0 spiro atoms. The first-order valence-electron chi connectivity index (χ1n) is 12.1. The highest BCUT2D eigenvalue weighted by Gasteiger charge is 2.63. The van der Waals surface area contributed by atoms with E-state index in [1.807, 2.05) is 0 Å². The molecule has 0 saturated heterocycles. The summed E-state index contributed by atoms with van der Waals surface area (Å²) < 4.78 is 7.16. The van der Waals surface area contributed by atoms with Gasteiger partial charge < -0.3 is 4.43 Å². The van der Waals surface area contributed by atoms with Crippen molar-refractivity contribution in [3.8, 4) is 12.3 Å². The van der Waals surface area contributed by atoms with E-state index >= 15 is 0 Å². The third kappa shape index (κ3) is 3.16. The molecule has 2 saturated carbocycles. The maximum Gasteiger partial charge on any atom is 0.220 e. The molecule has 2 aromatic rings. The van der Waals surface area contributed by atoms with Crippen LogP contribution >= 0.6 is 0 Å². The third-order valence-corrected chi connectivity index (χ3v) is 11.7. The first-order chi connectivity index (χ1) is 14.8. The lowest BCUT2D eigenvalue weighted by Gasteiger charge is -2.54. The van der Waals surface area contributed by atoms with Crippen LogP contribution in [0.15, 0.2) is 48.5 Å². The normalized spacial score (nSPS) is 34.4. The lowest BCUT2D eigenvalue weighted by Crippen LogP contribution is -2.58. The largest absolute Gasteiger partial charge is 0.396 e. The first-order valence-corrected chi connectivity index (χ1v) is 15.0. The molecule has 3 aliphatic carbocycles. The highest BCUT2D eigenvalue weighted by Crippen LogP contribution is 2.65. The smallest absolute Gasteiger partial charge is 0.220 e. The summed E-state index contributed by atoms with van der Waals surface area (Å²) in [6.07, 6.45) is 13.5. The predicted molar refractivity (Wildman–Crippen MR) is 132 cm³/mol. The van der Waals surface area contributed by atoms with Crippen molar-refractivity contribution in [1.82, 2.24) is 0 Å². The van der Waals surface area contributed by atoms with E-state index in [0.717, 1.165) is 12.3 Å². The Morgan fingerprint density at radius 1 is 1.03 bits per heavy atom. The Labute approximate surface area is 189 Å². The summed E-state index contributed by atoms with van der Waals surface area (Å²) in [5, 5.41) is 1.34. The van der Waals surface area contributed by atoms with E-state index in [1.165, 1.54) is 42.9 Å². The second-order valence-corrected chi connectivity index (χ2v) is 14.9. The van der Waals surface area contributed by atoms with Crippen LogP contribution in [0.1, 0.15) is 61.6 Å². The van der Waals surface area contributed by atoms with Gasteiger partial charge in [0.1, 0.15) is 5.60 Å². The fourth-order valence-corrected chi connectivity index (χ4v) is 9.86. The molecule has 0 aliphatic heterocycles. The molecule has 0 heterocycles. The average molecular weight is 429 g/mol. The lowest BCUT2D eigenvalue weighted by molar-refractivity contribution is -0.0529. The number of aryl methyl sites for hydroxylation is 2. The molecular weight excluding hydrogens is 392 g/mol. The van der Waals surface area contributed by atoms with Crippen molar-refractivity contribution in [2.45, 2.75) is 77.0 Å². The topological polar surface area (TPSA) is 9.23 Å². The van der Waals surface area contributed by atoms with Crippen molar-refractivity contribution in [3.63, 3.8) is 0 Å². The Morgan fingerprint density at radius 2 is 1.81 bits per heavy atom. The fourth-order valence-electron chi connectivity index (χ4n) is 7.48. The summed E-state index contributed by atoms with van der Waals surface area (Å²) in [6.45, 7) is 9.34. The van der Waals surface area contributed by atoms with Gasteiger partial charge in [-0.15, -0.1) is 6.42 Å². The van der Waals surface area contributed by atoms with Crippen LogP contribution in [0.2, 0.25) is 13.1 Å². The van der Waals surface area contributed by atoms with Crippen LogP contribution in [0.4, 0.5) is 0 Å². The van der Waals surface area contributed by atoms with Gasteiger partial charge in [-0.3, -0.25) is 0 Å². The zero-order valence-corrected chi connectivity index (χ0v) is 20.6. The van der Waals surface area contributed by atoms with E-state index < -0.39 is 13.9 Å². The fraction of sp³-hybridized carbons (Fsp3) is 0.517. The molecule has 0 unspecified atom stereocenters. The van der Waals surface area contributed by atoms with Crippen LogP contribution in [0, 0.1) is 36.5 Å². The highest BCUT2D eigenvalue weighted by atomic mass is 28.4. The van der Waals surface area contributed by atoms with Crippen molar-refractivity contribution in [1.29, 1.82) is 0 Å². The summed E-state index contributed by atoms with van der Waals surface area (Å²) in [5.74, 6) is 5.39. The van der Waals surface area contributed by atoms with Crippen molar-refractivity contribution in [2.75, 3.05) is 0 Å². The maximum atomic E-state index is 7.16. The van der Waals surface area contributed by atoms with Gasteiger partial charge in [0.15, 0.2) is 0 Å². The summed E-state index contributed by atoms with van der Waals surface area (Å²) >= 11 is 0. The van der Waals surface area contributed by atoms with E-state index in [4.69, 9.17) is 10.8 Å². The van der Waals surface area contributed by atoms with Gasteiger partial charge in [0.25, 0.3) is 0 Å². The Kier molecular flexibility index (Phi) is 5.00. The van der Waals surface area contributed by atoms with Crippen molar-refractivity contribution >= 4 is 13.5 Å². The lowest BCUT2D eigenvalue weighted by atomic mass is 9.53. The van der Waals surface area contributed by atoms with Crippen LogP contribution in [-0.4, -0.2) is 13.9 Å². The molecule has 0 aromatic heterocycles. The summed E-state index contributed by atoms with van der Waals surface area (Å²) in [4.78, 5) is 0. The van der Waals surface area contributed by atoms with E-state index in [9.17, 15) is 0 Å². The van der Waals surface area contributed by atoms with Gasteiger partial charge in [-0.2, -0.15) is 0 Å². The van der Waals surface area contributed by atoms with E-state index in [-0.39, 0.29) is 5.41 Å². The zero-order chi connectivity index (χ0) is 21.9. The number of hydrogen-bond donors (Lipinski definition) is 0. The molecule has 0 amide bonds. The number of terminal acetylenes is 1. The number of rotatable bonds is 3. The quantitative estimate of drug-likeness (QED) is 0.409. The minimum atomic E-state index is -2.11. The Morgan fingerprint density at radius 3 is 2.55 bits per heavy atom. The molecule has 2 heteroatoms. The third-order valence-electron chi connectivity index (χ3n) is 9.13. The van der Waals surface area contributed by atoms with Gasteiger partial charge in [-0.05, 0) is 92.6 Å². The van der Waals surface area contributed by atoms with E-state index in [2.05, 4.69) is 81.4 Å². The zero-order valence-electron chi connectivity index (χ0n) is 19.6. The Hall–Kier alpha value is -1.82. The van der Waals surface area contributed by atoms with Gasteiger partial charge in [-0.1, -0.05) is 66.9 Å². The average Bonchev–Trinajstić information content (AvgIpc) is 3.06. The van der Waals surface area contributed by atoms with Crippen LogP contribution < -0.4 is 5.19 Å². The second-order valence-electron chi connectivity index (χ2n) is 11.1. The molecule has 5 atom stereocenters. The van der Waals surface area contributed by atoms with Gasteiger partial charge >= 0.3 is 0 Å². The molecule has 3 aliphatic rings. The van der Waals surface area contributed by atoms with Crippen LogP contribution in [0.5, 0.6) is 0 Å². The summed E-state index contributed by atoms with van der Waals surface area (Å²) in [5.41, 5.74) is 4.26. The van der Waals surface area contributed by atoms with Gasteiger partial charge in [0, 0.05) is 5.41 Å². The van der Waals surface area contributed by atoms with Crippen molar-refractivity contribution < 1.29 is 4.43 Å². The molecule has 5 rings (SSSR count). The summed E-state index contributed by atoms with van der Waals surface area (Å²) in [7, 11) is -2.11. The Balaban J connectivity index is 1.47. The second kappa shape index (κ2) is 7.36. The highest BCUT2D eigenvalue weighted by molar-refractivity contribution is 6.84. The monoisotopic (exact) mass is 428 g/mol. The minimum Gasteiger partial charge on any atom is -0.396 e. The Bertz CT molecular complexity index is 1020. The molecular formula is C29H36OSi. The van der Waals surface area contributed by atoms with Gasteiger partial charge in [0.05, 0.1) is 0 Å². The van der Waals surface area contributed by atoms with E-state index in [1.54, 1.807) is 11.1 Å². The van der Waals surface area contributed by atoms with Crippen molar-refractivity contribution in [3.05, 3.63) is 65.2 Å². The molecule has 1 nitrogen and oxygen atoms in total. The molecule has 0 bridgehead atoms. The van der Waals surface area contributed by atoms with Crippen LogP contribution in [0.3, 0.4) is 0 Å². The minimum absolute atomic E-state index is 0.0736. The SMILES string of the molecule is C#C[C@]1(O[Si](C)(C)c2ccccc2)CC[C@H]2[C@@H]3CCc4cc(C)ccc4[C@H]3CC[C@@]21C. The molecule has 31 heavy (non-hydrogen) atoms. The first kappa shape index (κ1) is 21.0. The molecule has 162 valence electrons. The predicted octanol–water partition coefficient (Wildman–Crippen LogP) is 6.35. The molecule has 0 radical (unpaired) electrons. The van der Waals surface area contributed by atoms with Gasteiger partial charge in [0.2, 0.25) is 8.32 Å². The molecule has 0 N–H and O–H groups in total. The van der Waals surface area contributed by atoms with Crippen LogP contribution in [-0.2, 0) is 10.8 Å². The molecule has 2 fully saturated rings. The number of hydrogen-bond acceptors (Lipinski definition) is 1. The van der Waals surface area contributed by atoms with E-state index in [0.29, 0.717) is 11.8 Å². The molecule has 2 aromatic carbocycles. The van der Waals surface area contributed by atoms with Crippen LogP contribution in [0.25, 0.3) is 0 Å². The summed E-state index contributed by atoms with van der Waals surface area (Å²) in [6, 6.07) is 18.0. The maximum absolute atomic E-state index is 7.16.